The van der Waals surface area contributed by atoms with Crippen molar-refractivity contribution in [2.45, 2.75) is 6.43 Å². The Morgan fingerprint density at radius 3 is 2.33 bits per heavy atom. The Kier molecular flexibility index (Phi) is 2.86. The van der Waals surface area contributed by atoms with Crippen LogP contribution < -0.4 is 0 Å². The van der Waals surface area contributed by atoms with Crippen molar-refractivity contribution in [2.24, 2.45) is 0 Å². The van der Waals surface area contributed by atoms with Gasteiger partial charge in [-0.05, 0) is 22.6 Å². The van der Waals surface area contributed by atoms with E-state index in [0.717, 1.165) is 0 Å². The molecule has 0 N–H and O–H groups in total. The zero-order valence-corrected chi connectivity index (χ0v) is 7.65. The lowest BCUT2D eigenvalue weighted by molar-refractivity contribution is 0.140. The van der Waals surface area contributed by atoms with Crippen LogP contribution in [-0.4, -0.2) is 4.98 Å². The topological polar surface area (TPSA) is 12.9 Å². The molecule has 0 bridgehead atoms. The first-order valence-corrected chi connectivity index (χ1v) is 3.90. The van der Waals surface area contributed by atoms with Gasteiger partial charge in [0.15, 0.2) is 11.6 Å². The van der Waals surface area contributed by atoms with Gasteiger partial charge in [0, 0.05) is 6.07 Å². The Hall–Kier alpha value is -0.400. The van der Waals surface area contributed by atoms with Gasteiger partial charge in [0.1, 0.15) is 9.39 Å². The molecule has 0 aliphatic carbocycles. The van der Waals surface area contributed by atoms with Crippen LogP contribution in [0, 0.1) is 15.3 Å². The molecule has 6 heteroatoms. The number of nitrogens with zero attached hydrogens (tertiary/aromatic N) is 1. The fourth-order valence-corrected chi connectivity index (χ4v) is 1.03. The van der Waals surface area contributed by atoms with Gasteiger partial charge in [-0.25, -0.2) is 22.5 Å². The summed E-state index contributed by atoms with van der Waals surface area (Å²) in [4.78, 5) is 3.06. The molecule has 12 heavy (non-hydrogen) atoms. The lowest BCUT2D eigenvalue weighted by Gasteiger charge is -2.01. The van der Waals surface area contributed by atoms with Crippen LogP contribution in [0.1, 0.15) is 12.1 Å². The van der Waals surface area contributed by atoms with Crippen LogP contribution >= 0.6 is 22.6 Å². The SMILES string of the molecule is Fc1cc(F)c(C(F)F)nc1I. The maximum Gasteiger partial charge on any atom is 0.283 e. The van der Waals surface area contributed by atoms with E-state index in [4.69, 9.17) is 0 Å². The van der Waals surface area contributed by atoms with Crippen molar-refractivity contribution < 1.29 is 17.6 Å². The fraction of sp³-hybridized carbons (Fsp3) is 0.167. The van der Waals surface area contributed by atoms with Crippen LogP contribution in [0.25, 0.3) is 0 Å². The third kappa shape index (κ3) is 1.85. The summed E-state index contributed by atoms with van der Waals surface area (Å²) in [5.74, 6) is -2.25. The van der Waals surface area contributed by atoms with E-state index in [2.05, 4.69) is 4.98 Å². The highest BCUT2D eigenvalue weighted by atomic mass is 127. The first-order valence-electron chi connectivity index (χ1n) is 2.82. The van der Waals surface area contributed by atoms with Crippen molar-refractivity contribution in [1.82, 2.24) is 4.98 Å². The zero-order chi connectivity index (χ0) is 9.30. The van der Waals surface area contributed by atoms with Crippen LogP contribution in [0.5, 0.6) is 0 Å². The molecule has 0 saturated heterocycles. The third-order valence-electron chi connectivity index (χ3n) is 1.12. The van der Waals surface area contributed by atoms with Gasteiger partial charge in [-0.3, -0.25) is 0 Å². The van der Waals surface area contributed by atoms with Crippen molar-refractivity contribution in [3.63, 3.8) is 0 Å². The summed E-state index contributed by atoms with van der Waals surface area (Å²) in [6.45, 7) is 0. The Morgan fingerprint density at radius 2 is 1.83 bits per heavy atom. The van der Waals surface area contributed by atoms with E-state index >= 15 is 0 Å². The average Bonchev–Trinajstić information content (AvgIpc) is 1.96. The molecule has 1 aromatic heterocycles. The zero-order valence-electron chi connectivity index (χ0n) is 5.49. The van der Waals surface area contributed by atoms with Crippen molar-refractivity contribution in [3.8, 4) is 0 Å². The number of pyridine rings is 1. The fourth-order valence-electron chi connectivity index (χ4n) is 0.610. The summed E-state index contributed by atoms with van der Waals surface area (Å²) in [6.07, 6.45) is -3.01. The molecule has 0 radical (unpaired) electrons. The molecule has 0 spiro atoms. The van der Waals surface area contributed by atoms with E-state index in [1.54, 1.807) is 0 Å². The molecule has 0 atom stereocenters. The predicted molar refractivity (Wildman–Crippen MR) is 41.8 cm³/mol. The average molecular weight is 291 g/mol. The van der Waals surface area contributed by atoms with Crippen LogP contribution in [0.4, 0.5) is 17.6 Å². The highest BCUT2D eigenvalue weighted by Crippen LogP contribution is 2.22. The van der Waals surface area contributed by atoms with Crippen molar-refractivity contribution >= 4 is 22.6 Å². The van der Waals surface area contributed by atoms with Gasteiger partial charge >= 0.3 is 0 Å². The molecular formula is C6H2F4IN. The van der Waals surface area contributed by atoms with E-state index < -0.39 is 23.8 Å². The van der Waals surface area contributed by atoms with Crippen molar-refractivity contribution in [1.29, 1.82) is 0 Å². The van der Waals surface area contributed by atoms with E-state index in [1.165, 1.54) is 22.6 Å². The Labute approximate surface area is 78.9 Å². The number of hydrogen-bond acceptors (Lipinski definition) is 1. The number of aromatic nitrogens is 1. The summed E-state index contributed by atoms with van der Waals surface area (Å²) >= 11 is 1.41. The van der Waals surface area contributed by atoms with Crippen LogP contribution in [0.15, 0.2) is 6.07 Å². The molecule has 1 nitrogen and oxygen atoms in total. The molecule has 0 amide bonds. The molecule has 66 valence electrons. The van der Waals surface area contributed by atoms with Gasteiger partial charge in [-0.1, -0.05) is 0 Å². The van der Waals surface area contributed by atoms with Crippen molar-refractivity contribution in [2.75, 3.05) is 0 Å². The maximum atomic E-state index is 12.5. The summed E-state index contributed by atoms with van der Waals surface area (Å²) in [5.41, 5.74) is -1.01. The lowest BCUT2D eigenvalue weighted by Crippen LogP contribution is -2.00. The molecular weight excluding hydrogens is 289 g/mol. The molecule has 1 aromatic rings. The van der Waals surface area contributed by atoms with Crippen molar-refractivity contribution in [3.05, 3.63) is 27.1 Å². The summed E-state index contributed by atoms with van der Waals surface area (Å²) in [6, 6.07) is 0.399. The predicted octanol–water partition coefficient (Wildman–Crippen LogP) is 2.90. The highest BCUT2D eigenvalue weighted by molar-refractivity contribution is 14.1. The normalized spacial score (nSPS) is 10.8. The quantitative estimate of drug-likeness (QED) is 0.440. The number of halogens is 5. The van der Waals surface area contributed by atoms with Gasteiger partial charge in [-0.2, -0.15) is 0 Å². The molecule has 1 rings (SSSR count). The Balaban J connectivity index is 3.23. The van der Waals surface area contributed by atoms with Crippen LogP contribution in [0.3, 0.4) is 0 Å². The molecule has 0 aliphatic heterocycles. The number of rotatable bonds is 1. The number of hydrogen-bond donors (Lipinski definition) is 0. The van der Waals surface area contributed by atoms with E-state index in [9.17, 15) is 17.6 Å². The molecule has 0 aromatic carbocycles. The second-order valence-corrected chi connectivity index (χ2v) is 2.95. The van der Waals surface area contributed by atoms with E-state index in [-0.39, 0.29) is 3.70 Å². The van der Waals surface area contributed by atoms with E-state index in [1.807, 2.05) is 0 Å². The molecule has 0 aliphatic rings. The minimum absolute atomic E-state index is 0.260. The summed E-state index contributed by atoms with van der Waals surface area (Å²) < 4.78 is 48.5. The first kappa shape index (κ1) is 9.69. The van der Waals surface area contributed by atoms with E-state index in [0.29, 0.717) is 6.07 Å². The Morgan fingerprint density at radius 1 is 1.25 bits per heavy atom. The van der Waals surface area contributed by atoms with Gasteiger partial charge in [0.05, 0.1) is 0 Å². The van der Waals surface area contributed by atoms with Gasteiger partial charge in [0.25, 0.3) is 6.43 Å². The van der Waals surface area contributed by atoms with Gasteiger partial charge < -0.3 is 0 Å². The van der Waals surface area contributed by atoms with Gasteiger partial charge in [0.2, 0.25) is 0 Å². The smallest absolute Gasteiger partial charge is 0.235 e. The Bertz CT molecular complexity index is 302. The second-order valence-electron chi connectivity index (χ2n) is 1.93. The highest BCUT2D eigenvalue weighted by Gasteiger charge is 2.17. The minimum atomic E-state index is -3.01. The lowest BCUT2D eigenvalue weighted by atomic mass is 10.3. The molecule has 0 fully saturated rings. The standard InChI is InChI=1S/C6H2F4IN/c7-2-1-3(8)6(11)12-4(2)5(9)10/h1,5H. The minimum Gasteiger partial charge on any atom is -0.235 e. The molecule has 0 unspecified atom stereocenters. The second kappa shape index (κ2) is 3.55. The summed E-state index contributed by atoms with van der Waals surface area (Å²) in [7, 11) is 0. The van der Waals surface area contributed by atoms with Crippen LogP contribution in [0.2, 0.25) is 0 Å². The molecule has 0 saturated carbocycles. The largest absolute Gasteiger partial charge is 0.283 e. The monoisotopic (exact) mass is 291 g/mol. The van der Waals surface area contributed by atoms with Gasteiger partial charge in [-0.15, -0.1) is 0 Å². The summed E-state index contributed by atoms with van der Waals surface area (Å²) in [5, 5.41) is 0. The maximum absolute atomic E-state index is 12.5. The third-order valence-corrected chi connectivity index (χ3v) is 1.88. The molecule has 1 heterocycles. The number of alkyl halides is 2. The van der Waals surface area contributed by atoms with Crippen LogP contribution in [-0.2, 0) is 0 Å². The first-order chi connectivity index (χ1) is 5.52.